The van der Waals surface area contributed by atoms with Crippen molar-refractivity contribution < 1.29 is 18.3 Å². The van der Waals surface area contributed by atoms with Crippen LogP contribution in [0.5, 0.6) is 5.75 Å². The van der Waals surface area contributed by atoms with E-state index < -0.39 is 17.5 Å². The second-order valence-corrected chi connectivity index (χ2v) is 5.41. The predicted octanol–water partition coefficient (Wildman–Crippen LogP) is 2.83. The fourth-order valence-electron chi connectivity index (χ4n) is 2.39. The number of fused-ring (bicyclic) bond motifs is 1. The fraction of sp³-hybridized carbons (Fsp3) is 0.111. The van der Waals surface area contributed by atoms with Crippen molar-refractivity contribution in [2.24, 2.45) is 7.05 Å². The summed E-state index contributed by atoms with van der Waals surface area (Å²) in [7, 11) is 1.64. The van der Waals surface area contributed by atoms with E-state index in [0.717, 1.165) is 12.1 Å². The molecule has 1 N–H and O–H groups in total. The molecule has 2 aromatic carbocycles. The van der Waals surface area contributed by atoms with E-state index >= 15 is 0 Å². The normalized spacial score (nSPS) is 10.7. The van der Waals surface area contributed by atoms with E-state index in [2.05, 4.69) is 5.32 Å². The molecule has 1 heterocycles. The minimum Gasteiger partial charge on any atom is -0.483 e. The van der Waals surface area contributed by atoms with Crippen LogP contribution in [0.25, 0.3) is 10.8 Å². The first kappa shape index (κ1) is 16.6. The number of benzene rings is 2. The number of amides is 1. The number of carbonyl (C=O) groups is 1. The first-order valence-corrected chi connectivity index (χ1v) is 7.42. The number of halogens is 2. The van der Waals surface area contributed by atoms with E-state index in [9.17, 15) is 18.4 Å². The first-order valence-electron chi connectivity index (χ1n) is 7.42. The number of hydrogen-bond donors (Lipinski definition) is 1. The van der Waals surface area contributed by atoms with Gasteiger partial charge in [-0.15, -0.1) is 0 Å². The van der Waals surface area contributed by atoms with Crippen LogP contribution in [0.1, 0.15) is 0 Å². The summed E-state index contributed by atoms with van der Waals surface area (Å²) >= 11 is 0. The highest BCUT2D eigenvalue weighted by Gasteiger charge is 2.11. The van der Waals surface area contributed by atoms with Crippen molar-refractivity contribution in [2.75, 3.05) is 11.9 Å². The molecule has 1 amide bonds. The maximum atomic E-state index is 13.5. The van der Waals surface area contributed by atoms with E-state index in [0.29, 0.717) is 22.6 Å². The lowest BCUT2D eigenvalue weighted by Gasteiger charge is -2.10. The van der Waals surface area contributed by atoms with Gasteiger partial charge in [0.1, 0.15) is 17.4 Å². The Balaban J connectivity index is 1.75. The molecule has 5 nitrogen and oxygen atoms in total. The number of nitrogens with one attached hydrogen (secondary N) is 1. The van der Waals surface area contributed by atoms with E-state index in [1.165, 1.54) is 4.57 Å². The summed E-state index contributed by atoms with van der Waals surface area (Å²) in [5.41, 5.74) is -0.317. The summed E-state index contributed by atoms with van der Waals surface area (Å²) in [5, 5.41) is 3.35. The van der Waals surface area contributed by atoms with Crippen molar-refractivity contribution in [1.29, 1.82) is 0 Å². The monoisotopic (exact) mass is 344 g/mol. The zero-order chi connectivity index (χ0) is 18.0. The van der Waals surface area contributed by atoms with Gasteiger partial charge in [0, 0.05) is 24.7 Å². The number of aryl methyl sites for hydroxylation is 1. The number of ether oxygens (including phenoxy) is 1. The molecule has 0 aliphatic carbocycles. The van der Waals surface area contributed by atoms with E-state index in [1.807, 2.05) is 0 Å². The number of pyridine rings is 1. The standard InChI is InChI=1S/C18H14F2N2O3/c1-22-8-7-12-13(18(22)24)3-2-4-16(12)25-10-17(23)21-15-6-5-11(19)9-14(15)20/h2-9H,10H2,1H3,(H,21,23). The number of nitrogens with zero attached hydrogens (tertiary/aromatic N) is 1. The summed E-state index contributed by atoms with van der Waals surface area (Å²) in [6.45, 7) is -0.384. The van der Waals surface area contributed by atoms with Crippen molar-refractivity contribution in [3.05, 3.63) is 70.6 Å². The molecule has 0 aliphatic rings. The smallest absolute Gasteiger partial charge is 0.262 e. The van der Waals surface area contributed by atoms with Crippen LogP contribution in [0.4, 0.5) is 14.5 Å². The van der Waals surface area contributed by atoms with Crippen LogP contribution in [-0.4, -0.2) is 17.1 Å². The second kappa shape index (κ2) is 6.72. The van der Waals surface area contributed by atoms with Gasteiger partial charge in [0.05, 0.1) is 11.1 Å². The Bertz CT molecular complexity index is 1010. The van der Waals surface area contributed by atoms with Crippen molar-refractivity contribution >= 4 is 22.4 Å². The van der Waals surface area contributed by atoms with E-state index in [1.54, 1.807) is 37.5 Å². The molecular weight excluding hydrogens is 330 g/mol. The number of rotatable bonds is 4. The highest BCUT2D eigenvalue weighted by Crippen LogP contribution is 2.23. The third kappa shape index (κ3) is 3.50. The van der Waals surface area contributed by atoms with Crippen molar-refractivity contribution in [3.63, 3.8) is 0 Å². The largest absolute Gasteiger partial charge is 0.483 e. The Morgan fingerprint density at radius 1 is 1.16 bits per heavy atom. The van der Waals surface area contributed by atoms with Gasteiger partial charge in [0.2, 0.25) is 0 Å². The summed E-state index contributed by atoms with van der Waals surface area (Å²) in [6, 6.07) is 9.51. The zero-order valence-electron chi connectivity index (χ0n) is 13.3. The predicted molar refractivity (Wildman–Crippen MR) is 89.7 cm³/mol. The van der Waals surface area contributed by atoms with Gasteiger partial charge in [-0.25, -0.2) is 8.78 Å². The van der Waals surface area contributed by atoms with Crippen molar-refractivity contribution in [1.82, 2.24) is 4.57 Å². The summed E-state index contributed by atoms with van der Waals surface area (Å²) in [6.07, 6.45) is 1.60. The average molecular weight is 344 g/mol. The van der Waals surface area contributed by atoms with Crippen LogP contribution in [0, 0.1) is 11.6 Å². The molecule has 0 saturated carbocycles. The van der Waals surface area contributed by atoms with E-state index in [-0.39, 0.29) is 17.9 Å². The topological polar surface area (TPSA) is 60.3 Å². The Hall–Kier alpha value is -3.22. The second-order valence-electron chi connectivity index (χ2n) is 5.41. The molecule has 1 aromatic heterocycles. The Morgan fingerprint density at radius 2 is 1.96 bits per heavy atom. The lowest BCUT2D eigenvalue weighted by molar-refractivity contribution is -0.118. The Morgan fingerprint density at radius 3 is 2.72 bits per heavy atom. The van der Waals surface area contributed by atoms with Gasteiger partial charge < -0.3 is 14.6 Å². The maximum absolute atomic E-state index is 13.5. The molecule has 0 atom stereocenters. The van der Waals surface area contributed by atoms with Crippen LogP contribution in [0.3, 0.4) is 0 Å². The molecule has 7 heteroatoms. The molecule has 3 aromatic rings. The molecule has 0 aliphatic heterocycles. The number of aromatic nitrogens is 1. The molecule has 128 valence electrons. The van der Waals surface area contributed by atoms with Gasteiger partial charge in [-0.2, -0.15) is 0 Å². The molecule has 3 rings (SSSR count). The minimum atomic E-state index is -0.873. The molecule has 25 heavy (non-hydrogen) atoms. The highest BCUT2D eigenvalue weighted by molar-refractivity contribution is 5.93. The molecular formula is C18H14F2N2O3. The van der Waals surface area contributed by atoms with Gasteiger partial charge in [0.25, 0.3) is 11.5 Å². The third-order valence-electron chi connectivity index (χ3n) is 3.65. The van der Waals surface area contributed by atoms with Crippen LogP contribution in [0.2, 0.25) is 0 Å². The fourth-order valence-corrected chi connectivity index (χ4v) is 2.39. The molecule has 0 radical (unpaired) electrons. The van der Waals surface area contributed by atoms with Crippen LogP contribution in [0.15, 0.2) is 53.5 Å². The van der Waals surface area contributed by atoms with Gasteiger partial charge in [0.15, 0.2) is 6.61 Å². The van der Waals surface area contributed by atoms with Gasteiger partial charge >= 0.3 is 0 Å². The molecule has 0 fully saturated rings. The molecule has 0 bridgehead atoms. The molecule has 0 spiro atoms. The van der Waals surface area contributed by atoms with Crippen LogP contribution < -0.4 is 15.6 Å². The maximum Gasteiger partial charge on any atom is 0.262 e. The molecule has 0 unspecified atom stereocenters. The number of hydrogen-bond acceptors (Lipinski definition) is 3. The van der Waals surface area contributed by atoms with E-state index in [4.69, 9.17) is 4.74 Å². The lowest BCUT2D eigenvalue weighted by atomic mass is 10.1. The Kier molecular flexibility index (Phi) is 4.47. The summed E-state index contributed by atoms with van der Waals surface area (Å²) < 4.78 is 33.3. The summed E-state index contributed by atoms with van der Waals surface area (Å²) in [4.78, 5) is 24.0. The first-order chi connectivity index (χ1) is 12.0. The van der Waals surface area contributed by atoms with Crippen molar-refractivity contribution in [3.8, 4) is 5.75 Å². The number of anilines is 1. The zero-order valence-corrected chi connectivity index (χ0v) is 13.3. The highest BCUT2D eigenvalue weighted by atomic mass is 19.1. The molecule has 0 saturated heterocycles. The van der Waals surface area contributed by atoms with Crippen LogP contribution >= 0.6 is 0 Å². The van der Waals surface area contributed by atoms with Gasteiger partial charge in [-0.1, -0.05) is 6.07 Å². The van der Waals surface area contributed by atoms with Gasteiger partial charge in [-0.05, 0) is 30.3 Å². The number of carbonyl (C=O) groups excluding carboxylic acids is 1. The quantitative estimate of drug-likeness (QED) is 0.792. The average Bonchev–Trinajstić information content (AvgIpc) is 2.59. The minimum absolute atomic E-state index is 0.137. The SMILES string of the molecule is Cn1ccc2c(OCC(=O)Nc3ccc(F)cc3F)cccc2c1=O. The van der Waals surface area contributed by atoms with Crippen molar-refractivity contribution in [2.45, 2.75) is 0 Å². The van der Waals surface area contributed by atoms with Gasteiger partial charge in [-0.3, -0.25) is 9.59 Å². The third-order valence-corrected chi connectivity index (χ3v) is 3.65. The Labute approximate surface area is 141 Å². The van der Waals surface area contributed by atoms with Crippen LogP contribution in [-0.2, 0) is 11.8 Å². The summed E-state index contributed by atoms with van der Waals surface area (Å²) in [5.74, 6) is -1.85. The lowest BCUT2D eigenvalue weighted by Crippen LogP contribution is -2.21.